The van der Waals surface area contributed by atoms with Crippen LogP contribution in [0.1, 0.15) is 18.4 Å². The molecule has 1 aromatic rings. The number of hydrogen-bond donors (Lipinski definition) is 0. The van der Waals surface area contributed by atoms with Crippen molar-refractivity contribution in [2.45, 2.75) is 18.3 Å². The number of aromatic nitrogens is 2. The van der Waals surface area contributed by atoms with Crippen LogP contribution < -0.4 is 0 Å². The van der Waals surface area contributed by atoms with Crippen molar-refractivity contribution in [2.75, 3.05) is 0 Å². The maximum absolute atomic E-state index is 8.94. The molecule has 1 saturated carbocycles. The maximum atomic E-state index is 8.94. The summed E-state index contributed by atoms with van der Waals surface area (Å²) in [5.41, 5.74) is 0.806. The van der Waals surface area contributed by atoms with Gasteiger partial charge in [-0.2, -0.15) is 10.4 Å². The summed E-state index contributed by atoms with van der Waals surface area (Å²) in [5, 5.41) is 13.0. The van der Waals surface area contributed by atoms with Crippen LogP contribution in [0.4, 0.5) is 0 Å². The van der Waals surface area contributed by atoms with E-state index in [-0.39, 0.29) is 5.41 Å². The normalized spacial score (nSPS) is 18.8. The number of rotatable bonds is 1. The average molecular weight is 226 g/mol. The van der Waals surface area contributed by atoms with Gasteiger partial charge in [-0.3, -0.25) is 4.68 Å². The maximum Gasteiger partial charge on any atom is 0.108 e. The zero-order valence-corrected chi connectivity index (χ0v) is 8.30. The minimum absolute atomic E-state index is 0.229. The van der Waals surface area contributed by atoms with Gasteiger partial charge in [-0.15, -0.1) is 0 Å². The zero-order valence-electron chi connectivity index (χ0n) is 6.71. The van der Waals surface area contributed by atoms with Gasteiger partial charge in [-0.1, -0.05) is 0 Å². The molecular formula is C8H8BrN3. The molecule has 0 N–H and O–H groups in total. The molecule has 2 rings (SSSR count). The topological polar surface area (TPSA) is 41.6 Å². The molecule has 4 heteroatoms. The molecule has 0 bridgehead atoms. The Labute approximate surface area is 79.1 Å². The number of nitriles is 1. The van der Waals surface area contributed by atoms with Crippen LogP contribution in [0.25, 0.3) is 0 Å². The molecule has 0 spiro atoms. The van der Waals surface area contributed by atoms with Gasteiger partial charge in [0, 0.05) is 12.6 Å². The predicted molar refractivity (Wildman–Crippen MR) is 47.4 cm³/mol. The second-order valence-electron chi connectivity index (χ2n) is 3.17. The van der Waals surface area contributed by atoms with Gasteiger partial charge in [-0.25, -0.2) is 0 Å². The molecule has 0 aromatic carbocycles. The largest absolute Gasteiger partial charge is 0.261 e. The summed E-state index contributed by atoms with van der Waals surface area (Å²) in [5.74, 6) is 0. The van der Waals surface area contributed by atoms with Gasteiger partial charge in [-0.05, 0) is 28.8 Å². The average Bonchev–Trinajstić information content (AvgIpc) is 2.79. The third-order valence-electron chi connectivity index (χ3n) is 2.35. The van der Waals surface area contributed by atoms with Gasteiger partial charge < -0.3 is 0 Å². The van der Waals surface area contributed by atoms with Crippen molar-refractivity contribution in [1.29, 1.82) is 5.26 Å². The summed E-state index contributed by atoms with van der Waals surface area (Å²) in [6.45, 7) is 0. The van der Waals surface area contributed by atoms with E-state index in [0.29, 0.717) is 0 Å². The second-order valence-corrected chi connectivity index (χ2v) is 3.92. The van der Waals surface area contributed by atoms with Gasteiger partial charge >= 0.3 is 0 Å². The summed E-state index contributed by atoms with van der Waals surface area (Å²) < 4.78 is 2.67. The molecular weight excluding hydrogens is 218 g/mol. The predicted octanol–water partition coefficient (Wildman–Crippen LogP) is 1.74. The van der Waals surface area contributed by atoms with E-state index in [2.05, 4.69) is 27.1 Å². The Hall–Kier alpha value is -0.820. The van der Waals surface area contributed by atoms with E-state index in [4.69, 9.17) is 5.26 Å². The van der Waals surface area contributed by atoms with E-state index in [9.17, 15) is 0 Å². The van der Waals surface area contributed by atoms with Crippen molar-refractivity contribution in [3.05, 3.63) is 16.4 Å². The van der Waals surface area contributed by atoms with Crippen LogP contribution in [-0.2, 0) is 12.5 Å². The van der Waals surface area contributed by atoms with Crippen molar-refractivity contribution in [2.24, 2.45) is 7.05 Å². The molecule has 0 amide bonds. The van der Waals surface area contributed by atoms with E-state index in [1.54, 1.807) is 10.9 Å². The standard InChI is InChI=1S/C8H8BrN3/c1-12-7(9)6(4-11-12)8(5-10)2-3-8/h4H,2-3H2,1H3. The Morgan fingerprint density at radius 2 is 2.42 bits per heavy atom. The van der Waals surface area contributed by atoms with Crippen molar-refractivity contribution >= 4 is 15.9 Å². The molecule has 1 aliphatic carbocycles. The van der Waals surface area contributed by atoms with E-state index in [0.717, 1.165) is 23.0 Å². The fourth-order valence-electron chi connectivity index (χ4n) is 1.31. The lowest BCUT2D eigenvalue weighted by Crippen LogP contribution is -2.02. The van der Waals surface area contributed by atoms with Crippen LogP contribution in [0.3, 0.4) is 0 Å². The summed E-state index contributed by atoms with van der Waals surface area (Å²) in [7, 11) is 1.86. The van der Waals surface area contributed by atoms with Crippen LogP contribution in [-0.4, -0.2) is 9.78 Å². The number of halogens is 1. The molecule has 1 fully saturated rings. The molecule has 62 valence electrons. The zero-order chi connectivity index (χ0) is 8.77. The molecule has 0 atom stereocenters. The summed E-state index contributed by atoms with van der Waals surface area (Å²) in [4.78, 5) is 0. The quantitative estimate of drug-likeness (QED) is 0.731. The van der Waals surface area contributed by atoms with E-state index < -0.39 is 0 Å². The van der Waals surface area contributed by atoms with Gasteiger partial charge in [0.2, 0.25) is 0 Å². The van der Waals surface area contributed by atoms with Crippen molar-refractivity contribution in [3.8, 4) is 6.07 Å². The minimum Gasteiger partial charge on any atom is -0.261 e. The van der Waals surface area contributed by atoms with E-state index in [1.165, 1.54) is 0 Å². The first-order valence-electron chi connectivity index (χ1n) is 3.79. The number of aryl methyl sites for hydroxylation is 1. The molecule has 12 heavy (non-hydrogen) atoms. The molecule has 1 aromatic heterocycles. The third-order valence-corrected chi connectivity index (χ3v) is 3.29. The Bertz CT molecular complexity index is 357. The summed E-state index contributed by atoms with van der Waals surface area (Å²) in [6, 6.07) is 2.34. The minimum atomic E-state index is -0.229. The van der Waals surface area contributed by atoms with E-state index in [1.807, 2.05) is 7.05 Å². The fourth-order valence-corrected chi connectivity index (χ4v) is 1.88. The Balaban J connectivity index is 2.49. The first kappa shape index (κ1) is 7.81. The van der Waals surface area contributed by atoms with Crippen LogP contribution in [0.5, 0.6) is 0 Å². The molecule has 3 nitrogen and oxygen atoms in total. The van der Waals surface area contributed by atoms with Crippen LogP contribution in [0.2, 0.25) is 0 Å². The molecule has 0 aliphatic heterocycles. The number of hydrogen-bond acceptors (Lipinski definition) is 2. The van der Waals surface area contributed by atoms with Crippen molar-refractivity contribution in [1.82, 2.24) is 9.78 Å². The smallest absolute Gasteiger partial charge is 0.108 e. The lowest BCUT2D eigenvalue weighted by Gasteiger charge is -2.01. The van der Waals surface area contributed by atoms with Gasteiger partial charge in [0.05, 0.1) is 17.7 Å². The third kappa shape index (κ3) is 0.896. The summed E-state index contributed by atoms with van der Waals surface area (Å²) in [6.07, 6.45) is 3.71. The molecule has 1 heterocycles. The highest BCUT2D eigenvalue weighted by atomic mass is 79.9. The summed E-state index contributed by atoms with van der Waals surface area (Å²) >= 11 is 3.42. The van der Waals surface area contributed by atoms with Crippen LogP contribution >= 0.6 is 15.9 Å². The fraction of sp³-hybridized carbons (Fsp3) is 0.500. The van der Waals surface area contributed by atoms with Gasteiger partial charge in [0.25, 0.3) is 0 Å². The highest BCUT2D eigenvalue weighted by Crippen LogP contribution is 2.49. The molecule has 1 aliphatic rings. The van der Waals surface area contributed by atoms with Gasteiger partial charge in [0.15, 0.2) is 0 Å². The van der Waals surface area contributed by atoms with Crippen molar-refractivity contribution in [3.63, 3.8) is 0 Å². The highest BCUT2D eigenvalue weighted by Gasteiger charge is 2.47. The van der Waals surface area contributed by atoms with E-state index >= 15 is 0 Å². The lowest BCUT2D eigenvalue weighted by atomic mass is 10.0. The first-order chi connectivity index (χ1) is 5.69. The van der Waals surface area contributed by atoms with Crippen LogP contribution in [0, 0.1) is 11.3 Å². The van der Waals surface area contributed by atoms with Gasteiger partial charge in [0.1, 0.15) is 4.60 Å². The highest BCUT2D eigenvalue weighted by molar-refractivity contribution is 9.10. The number of nitrogens with zero attached hydrogens (tertiary/aromatic N) is 3. The Morgan fingerprint density at radius 1 is 1.75 bits per heavy atom. The Kier molecular flexibility index (Phi) is 1.52. The molecule has 0 radical (unpaired) electrons. The Morgan fingerprint density at radius 3 is 2.75 bits per heavy atom. The SMILES string of the molecule is Cn1ncc(C2(C#N)CC2)c1Br. The van der Waals surface area contributed by atoms with Crippen molar-refractivity contribution < 1.29 is 0 Å². The lowest BCUT2D eigenvalue weighted by molar-refractivity contribution is 0.745. The first-order valence-corrected chi connectivity index (χ1v) is 4.58. The monoisotopic (exact) mass is 225 g/mol. The molecule has 0 unspecified atom stereocenters. The van der Waals surface area contributed by atoms with Crippen LogP contribution in [0.15, 0.2) is 10.8 Å². The second kappa shape index (κ2) is 2.33. The molecule has 0 saturated heterocycles.